The maximum atomic E-state index is 12.6. The maximum Gasteiger partial charge on any atom is 0.472 e. The van der Waals surface area contributed by atoms with Gasteiger partial charge in [-0.05, 0) is 44.9 Å². The van der Waals surface area contributed by atoms with Crippen LogP contribution in [-0.4, -0.2) is 71.1 Å². The zero-order valence-corrected chi connectivity index (χ0v) is 34.8. The van der Waals surface area contributed by atoms with E-state index in [4.69, 9.17) is 24.8 Å². The van der Waals surface area contributed by atoms with Crippen LogP contribution in [0.1, 0.15) is 162 Å². The summed E-state index contributed by atoms with van der Waals surface area (Å²) >= 11 is 0. The molecule has 13 heteroatoms. The fourth-order valence-electron chi connectivity index (χ4n) is 5.34. The number of carboxylic acids is 1. The number of allylic oxidation sites excluding steroid dienone is 7. The number of phosphoric acid groups is 1. The SMILES string of the molecule is CCCCC/C=C/C/C=C/C/C=C/C=C/C(O)CCCC(=O)OC(COC(=O)CCCCCCCCCCCCCCC)COP(=O)(O)OCC(N)C(=O)O. The van der Waals surface area contributed by atoms with Gasteiger partial charge in [-0.3, -0.25) is 23.4 Å². The molecule has 5 N–H and O–H groups in total. The van der Waals surface area contributed by atoms with Crippen LogP contribution >= 0.6 is 7.82 Å². The number of hydrogen-bond acceptors (Lipinski definition) is 10. The molecule has 0 saturated heterocycles. The second-order valence-electron chi connectivity index (χ2n) is 14.0. The van der Waals surface area contributed by atoms with Crippen LogP contribution in [0.3, 0.4) is 0 Å². The second-order valence-corrected chi connectivity index (χ2v) is 15.4. The number of hydrogen-bond donors (Lipinski definition) is 4. The summed E-state index contributed by atoms with van der Waals surface area (Å²) in [6.45, 7) is 2.56. The Balaban J connectivity index is 4.61. The first-order chi connectivity index (χ1) is 26.5. The van der Waals surface area contributed by atoms with Gasteiger partial charge in [-0.1, -0.05) is 152 Å². The Morgan fingerprint density at radius 2 is 1.18 bits per heavy atom. The van der Waals surface area contributed by atoms with Gasteiger partial charge >= 0.3 is 25.7 Å². The summed E-state index contributed by atoms with van der Waals surface area (Å²) in [7, 11) is -4.77. The first-order valence-electron chi connectivity index (χ1n) is 20.8. The van der Waals surface area contributed by atoms with Crippen molar-refractivity contribution in [1.82, 2.24) is 0 Å². The molecule has 0 aliphatic rings. The number of carbonyl (C=O) groups excluding carboxylic acids is 2. The Morgan fingerprint density at radius 1 is 0.655 bits per heavy atom. The molecule has 318 valence electrons. The van der Waals surface area contributed by atoms with E-state index in [0.717, 1.165) is 38.5 Å². The fraction of sp³-hybridized carbons (Fsp3) is 0.738. The van der Waals surface area contributed by atoms with Gasteiger partial charge in [-0.25, -0.2) is 4.57 Å². The normalized spacial score (nSPS) is 14.9. The summed E-state index contributed by atoms with van der Waals surface area (Å²) in [5.41, 5.74) is 5.31. The Bertz CT molecular complexity index is 1140. The molecule has 0 aromatic rings. The molecule has 0 amide bonds. The van der Waals surface area contributed by atoms with Gasteiger partial charge in [0.1, 0.15) is 12.6 Å². The number of nitrogens with two attached hydrogens (primary N) is 1. The van der Waals surface area contributed by atoms with Crippen LogP contribution in [0.25, 0.3) is 0 Å². The zero-order chi connectivity index (χ0) is 40.8. The Hall–Kier alpha value is -2.60. The lowest BCUT2D eigenvalue weighted by atomic mass is 10.0. The minimum atomic E-state index is -4.77. The Kier molecular flexibility index (Phi) is 35.3. The van der Waals surface area contributed by atoms with Crippen LogP contribution in [0.4, 0.5) is 0 Å². The second kappa shape index (κ2) is 37.0. The smallest absolute Gasteiger partial charge is 0.472 e. The number of esters is 2. The summed E-state index contributed by atoms with van der Waals surface area (Å²) < 4.78 is 32.5. The van der Waals surface area contributed by atoms with E-state index in [0.29, 0.717) is 19.3 Å². The molecule has 4 atom stereocenters. The zero-order valence-electron chi connectivity index (χ0n) is 33.9. The van der Waals surface area contributed by atoms with Crippen molar-refractivity contribution in [2.45, 2.75) is 180 Å². The monoisotopic (exact) mass is 799 g/mol. The number of aliphatic hydroxyl groups is 1. The van der Waals surface area contributed by atoms with E-state index in [1.807, 2.05) is 12.2 Å². The fourth-order valence-corrected chi connectivity index (χ4v) is 6.12. The minimum absolute atomic E-state index is 0.0667. The lowest BCUT2D eigenvalue weighted by Crippen LogP contribution is -2.34. The molecular formula is C42H74NO11P. The number of unbranched alkanes of at least 4 members (excludes halogenated alkanes) is 15. The molecule has 0 aliphatic heterocycles. The highest BCUT2D eigenvalue weighted by Gasteiger charge is 2.28. The number of aliphatic hydroxyl groups excluding tert-OH is 1. The average molecular weight is 800 g/mol. The summed E-state index contributed by atoms with van der Waals surface area (Å²) in [6.07, 6.45) is 36.4. The highest BCUT2D eigenvalue weighted by atomic mass is 31.2. The molecule has 0 fully saturated rings. The Labute approximate surface area is 331 Å². The third kappa shape index (κ3) is 36.8. The van der Waals surface area contributed by atoms with Crippen LogP contribution in [0, 0.1) is 0 Å². The minimum Gasteiger partial charge on any atom is -0.480 e. The molecule has 0 aliphatic carbocycles. The highest BCUT2D eigenvalue weighted by Crippen LogP contribution is 2.43. The molecule has 0 bridgehead atoms. The number of phosphoric ester groups is 1. The van der Waals surface area contributed by atoms with Crippen molar-refractivity contribution in [3.63, 3.8) is 0 Å². The van der Waals surface area contributed by atoms with E-state index in [9.17, 15) is 28.9 Å². The van der Waals surface area contributed by atoms with Crippen molar-refractivity contribution in [2.75, 3.05) is 19.8 Å². The molecule has 0 radical (unpaired) electrons. The van der Waals surface area contributed by atoms with Crippen molar-refractivity contribution in [1.29, 1.82) is 0 Å². The summed E-state index contributed by atoms with van der Waals surface area (Å²) in [5, 5.41) is 19.1. The van der Waals surface area contributed by atoms with Gasteiger partial charge in [0.15, 0.2) is 6.10 Å². The van der Waals surface area contributed by atoms with E-state index >= 15 is 0 Å². The molecule has 55 heavy (non-hydrogen) atoms. The molecule has 0 aromatic carbocycles. The Morgan fingerprint density at radius 3 is 1.80 bits per heavy atom. The van der Waals surface area contributed by atoms with E-state index in [1.165, 1.54) is 77.0 Å². The number of carbonyl (C=O) groups is 3. The van der Waals surface area contributed by atoms with Crippen molar-refractivity contribution in [2.24, 2.45) is 5.73 Å². The van der Waals surface area contributed by atoms with Crippen molar-refractivity contribution < 1.29 is 52.6 Å². The van der Waals surface area contributed by atoms with Gasteiger partial charge in [0.05, 0.1) is 19.3 Å². The van der Waals surface area contributed by atoms with Crippen molar-refractivity contribution in [3.05, 3.63) is 48.6 Å². The van der Waals surface area contributed by atoms with E-state index in [2.05, 4.69) is 42.7 Å². The largest absolute Gasteiger partial charge is 0.480 e. The van der Waals surface area contributed by atoms with Gasteiger partial charge < -0.3 is 30.3 Å². The standard InChI is InChI=1S/C42H74NO11P/c1-3-5-7-9-11-13-15-17-19-21-23-25-27-30-37(44)31-29-33-41(46)54-38(35-52-55(49,50)53-36-39(43)42(47)48)34-51-40(45)32-28-26-24-22-20-18-16-14-12-10-8-6-4-2/h11,13,17,19,23,25,27,30,37-39,44H,3-10,12,14-16,18,20-22,24,26,28-29,31-36,43H2,1-2H3,(H,47,48)(H,49,50)/b13-11+,19-17+,25-23+,30-27+. The van der Waals surface area contributed by atoms with Crippen molar-refractivity contribution >= 4 is 25.7 Å². The average Bonchev–Trinajstić information content (AvgIpc) is 3.15. The summed E-state index contributed by atoms with van der Waals surface area (Å²) in [6, 6.07) is -1.55. The number of aliphatic carboxylic acids is 1. The summed E-state index contributed by atoms with van der Waals surface area (Å²) in [5.74, 6) is -2.61. The van der Waals surface area contributed by atoms with Crippen LogP contribution in [0.5, 0.6) is 0 Å². The molecule has 4 unspecified atom stereocenters. The predicted molar refractivity (Wildman–Crippen MR) is 218 cm³/mol. The van der Waals surface area contributed by atoms with Crippen molar-refractivity contribution in [3.8, 4) is 0 Å². The maximum absolute atomic E-state index is 12.6. The first kappa shape index (κ1) is 52.4. The highest BCUT2D eigenvalue weighted by molar-refractivity contribution is 7.47. The third-order valence-corrected chi connectivity index (χ3v) is 9.63. The lowest BCUT2D eigenvalue weighted by molar-refractivity contribution is -0.161. The number of rotatable bonds is 38. The third-order valence-electron chi connectivity index (χ3n) is 8.68. The molecule has 0 rings (SSSR count). The molecule has 0 spiro atoms. The predicted octanol–water partition coefficient (Wildman–Crippen LogP) is 9.58. The van der Waals surface area contributed by atoms with Gasteiger partial charge in [-0.15, -0.1) is 0 Å². The van der Waals surface area contributed by atoms with Gasteiger partial charge in [-0.2, -0.15) is 0 Å². The molecular weight excluding hydrogens is 725 g/mol. The van der Waals surface area contributed by atoms with Gasteiger partial charge in [0.2, 0.25) is 0 Å². The van der Waals surface area contributed by atoms with Crippen LogP contribution in [-0.2, 0) is 37.5 Å². The molecule has 0 heterocycles. The van der Waals surface area contributed by atoms with E-state index in [-0.39, 0.29) is 12.8 Å². The molecule has 12 nitrogen and oxygen atoms in total. The number of ether oxygens (including phenoxy) is 2. The topological polar surface area (TPSA) is 192 Å². The lowest BCUT2D eigenvalue weighted by Gasteiger charge is -2.20. The van der Waals surface area contributed by atoms with Gasteiger partial charge in [0.25, 0.3) is 0 Å². The van der Waals surface area contributed by atoms with Gasteiger partial charge in [0, 0.05) is 12.8 Å². The van der Waals surface area contributed by atoms with E-state index < -0.39 is 63.8 Å². The molecule has 0 saturated carbocycles. The van der Waals surface area contributed by atoms with Crippen LogP contribution in [0.15, 0.2) is 48.6 Å². The number of carboxylic acid groups (broad SMARTS) is 1. The van der Waals surface area contributed by atoms with E-state index in [1.54, 1.807) is 12.2 Å². The first-order valence-corrected chi connectivity index (χ1v) is 22.3. The quantitative estimate of drug-likeness (QED) is 0.0152. The summed E-state index contributed by atoms with van der Waals surface area (Å²) in [4.78, 5) is 45.9. The van der Waals surface area contributed by atoms with Crippen LogP contribution in [0.2, 0.25) is 0 Å². The molecule has 0 aromatic heterocycles. The van der Waals surface area contributed by atoms with Crippen LogP contribution < -0.4 is 5.73 Å².